The predicted octanol–water partition coefficient (Wildman–Crippen LogP) is 4.01. The third kappa shape index (κ3) is 16.9. The van der Waals surface area contributed by atoms with Crippen LogP contribution in [-0.4, -0.2) is 171 Å². The largest absolute Gasteiger partial charge is 0.379 e. The minimum atomic E-state index is -1.37. The number of thiazole rings is 1. The summed E-state index contributed by atoms with van der Waals surface area (Å²) in [5, 5.41) is 11.6. The van der Waals surface area contributed by atoms with Crippen molar-refractivity contribution in [1.29, 1.82) is 0 Å². The summed E-state index contributed by atoms with van der Waals surface area (Å²) in [7, 11) is 4.86. The highest BCUT2D eigenvalue weighted by Crippen LogP contribution is 2.35. The molecule has 19 nitrogen and oxygen atoms in total. The maximum atomic E-state index is 14.6. The average Bonchev–Trinajstić information content (AvgIpc) is 4.23. The molecule has 1 aromatic carbocycles. The number of carbonyl (C=O) groups is 7. The normalized spacial score (nSPS) is 18.7. The summed E-state index contributed by atoms with van der Waals surface area (Å²) >= 11 is 1.49. The summed E-state index contributed by atoms with van der Waals surface area (Å²) in [6.07, 6.45) is 8.56. The molecule has 3 aliphatic rings. The van der Waals surface area contributed by atoms with Crippen molar-refractivity contribution in [3.8, 4) is 0 Å². The van der Waals surface area contributed by atoms with Crippen molar-refractivity contribution < 1.29 is 57.2 Å². The zero-order valence-corrected chi connectivity index (χ0v) is 44.8. The number of likely N-dealkylation sites (N-methyl/N-ethyl adjacent to an activating group) is 1. The van der Waals surface area contributed by atoms with Gasteiger partial charge in [-0.2, -0.15) is 0 Å². The number of rotatable bonds is 31. The van der Waals surface area contributed by atoms with E-state index in [4.69, 9.17) is 23.7 Å². The number of aromatic nitrogens is 1. The number of likely N-dealkylation sites (tertiary alicyclic amines) is 1. The number of nitrogens with one attached hydrogen (secondary N) is 3. The van der Waals surface area contributed by atoms with E-state index in [2.05, 4.69) is 20.9 Å². The Hall–Kier alpha value is -5.12. The first kappa shape index (κ1) is 58.8. The van der Waals surface area contributed by atoms with Crippen LogP contribution in [0, 0.1) is 17.8 Å². The van der Waals surface area contributed by atoms with Crippen molar-refractivity contribution >= 4 is 52.7 Å². The van der Waals surface area contributed by atoms with Gasteiger partial charge in [-0.15, -0.1) is 11.3 Å². The van der Waals surface area contributed by atoms with E-state index in [9.17, 15) is 33.6 Å². The Balaban J connectivity index is 1.12. The summed E-state index contributed by atoms with van der Waals surface area (Å²) in [5.41, 5.74) is -0.304. The molecule has 1 aromatic heterocycles. The first-order chi connectivity index (χ1) is 35.0. The lowest BCUT2D eigenvalue weighted by molar-refractivity contribution is -0.148. The number of methoxy groups -OCH3 is 2. The van der Waals surface area contributed by atoms with Crippen molar-refractivity contribution in [1.82, 2.24) is 35.6 Å². The molecule has 0 bridgehead atoms. The topological polar surface area (TPSA) is 224 Å². The van der Waals surface area contributed by atoms with Gasteiger partial charge in [0, 0.05) is 58.0 Å². The zero-order valence-electron chi connectivity index (χ0n) is 44.0. The summed E-state index contributed by atoms with van der Waals surface area (Å²) in [5.74, 6) is -3.19. The molecule has 2 fully saturated rings. The molecular formula is C53H79N7O12S. The minimum Gasteiger partial charge on any atom is -0.379 e. The highest BCUT2D eigenvalue weighted by molar-refractivity contribution is 7.09. The van der Waals surface area contributed by atoms with Gasteiger partial charge >= 0.3 is 0 Å². The second-order valence-electron chi connectivity index (χ2n) is 20.0. The van der Waals surface area contributed by atoms with Gasteiger partial charge in [-0.25, -0.2) is 4.98 Å². The molecule has 7 amide bonds. The van der Waals surface area contributed by atoms with Crippen molar-refractivity contribution in [3.63, 3.8) is 0 Å². The molecule has 1 saturated heterocycles. The van der Waals surface area contributed by atoms with Crippen molar-refractivity contribution in [2.75, 3.05) is 74.0 Å². The number of nitrogens with zero attached hydrogens (tertiary/aromatic N) is 4. The molecule has 3 heterocycles. The van der Waals surface area contributed by atoms with Gasteiger partial charge in [0.1, 0.15) is 16.6 Å². The molecule has 3 N–H and O–H groups in total. The van der Waals surface area contributed by atoms with Gasteiger partial charge in [0.25, 0.3) is 11.8 Å². The number of hydrogen-bond acceptors (Lipinski definition) is 14. The highest BCUT2D eigenvalue weighted by Gasteiger charge is 2.45. The van der Waals surface area contributed by atoms with Gasteiger partial charge in [-0.3, -0.25) is 38.5 Å². The summed E-state index contributed by atoms with van der Waals surface area (Å²) in [4.78, 5) is 102. The minimum absolute atomic E-state index is 0.00255. The van der Waals surface area contributed by atoms with Crippen LogP contribution in [0.5, 0.6) is 0 Å². The predicted molar refractivity (Wildman–Crippen MR) is 274 cm³/mol. The van der Waals surface area contributed by atoms with Gasteiger partial charge in [-0.1, -0.05) is 63.9 Å². The molecule has 0 radical (unpaired) electrons. The Kier molecular flexibility index (Phi) is 23.4. The quantitative estimate of drug-likeness (QED) is 0.0719. The zero-order chi connectivity index (χ0) is 53.1. The molecule has 2 aliphatic heterocycles. The molecule has 404 valence electrons. The fraction of sp³-hybridized carbons (Fsp3) is 0.660. The van der Waals surface area contributed by atoms with Crippen LogP contribution in [0.15, 0.2) is 54.1 Å². The van der Waals surface area contributed by atoms with Crippen LogP contribution in [0.3, 0.4) is 0 Å². The Morgan fingerprint density at radius 2 is 1.49 bits per heavy atom. The van der Waals surface area contributed by atoms with Crippen LogP contribution in [0.4, 0.5) is 0 Å². The molecule has 73 heavy (non-hydrogen) atoms. The van der Waals surface area contributed by atoms with E-state index >= 15 is 0 Å². The first-order valence-electron chi connectivity index (χ1n) is 25.7. The van der Waals surface area contributed by atoms with E-state index in [1.807, 2.05) is 61.4 Å². The molecule has 0 unspecified atom stereocenters. The second kappa shape index (κ2) is 29.1. The van der Waals surface area contributed by atoms with E-state index in [0.29, 0.717) is 19.4 Å². The smallest absolute Gasteiger partial charge is 0.253 e. The van der Waals surface area contributed by atoms with E-state index in [1.54, 1.807) is 46.2 Å². The molecule has 0 spiro atoms. The number of amides is 7. The lowest BCUT2D eigenvalue weighted by Gasteiger charge is -2.41. The molecule has 1 saturated carbocycles. The lowest BCUT2D eigenvalue weighted by atomic mass is 9.88. The number of imide groups is 1. The molecule has 20 heteroatoms. The Bertz CT molecular complexity index is 2120. The van der Waals surface area contributed by atoms with Crippen LogP contribution in [0.2, 0.25) is 0 Å². The Morgan fingerprint density at radius 1 is 0.849 bits per heavy atom. The maximum Gasteiger partial charge on any atom is 0.253 e. The number of hydrogen-bond donors (Lipinski definition) is 3. The van der Waals surface area contributed by atoms with Crippen LogP contribution >= 0.6 is 11.3 Å². The second-order valence-corrected chi connectivity index (χ2v) is 20.9. The number of benzene rings is 1. The van der Waals surface area contributed by atoms with Crippen LogP contribution in [0.25, 0.3) is 0 Å². The summed E-state index contributed by atoms with van der Waals surface area (Å²) < 4.78 is 28.7. The fourth-order valence-corrected chi connectivity index (χ4v) is 10.7. The molecule has 1 aliphatic carbocycles. The van der Waals surface area contributed by atoms with E-state index in [-0.39, 0.29) is 112 Å². The summed E-state index contributed by atoms with van der Waals surface area (Å²) in [6.45, 7) is 10.7. The number of ether oxygens (including phenoxy) is 5. The third-order valence-electron chi connectivity index (χ3n) is 14.1. The molecule has 5 rings (SSSR count). The Morgan fingerprint density at radius 3 is 2.10 bits per heavy atom. The average molecular weight is 1040 g/mol. The fourth-order valence-electron chi connectivity index (χ4n) is 10.0. The maximum absolute atomic E-state index is 14.6. The highest BCUT2D eigenvalue weighted by atomic mass is 32.1. The van der Waals surface area contributed by atoms with Gasteiger partial charge in [0.15, 0.2) is 0 Å². The van der Waals surface area contributed by atoms with Crippen molar-refractivity contribution in [3.05, 3.63) is 64.6 Å². The third-order valence-corrected chi connectivity index (χ3v) is 15.0. The monoisotopic (exact) mass is 1040 g/mol. The van der Waals surface area contributed by atoms with Crippen LogP contribution in [-0.2, 0) is 63.7 Å². The van der Waals surface area contributed by atoms with E-state index in [0.717, 1.165) is 47.6 Å². The first-order valence-corrected chi connectivity index (χ1v) is 26.6. The SMILES string of the molecule is CO[C@H]([C@@H](C)C(=O)N[C@@H](Cc1ccccc1)c1nccs1)[C@@H]1CCCN1C(=O)C[C@@H](OC)[C@H](C1CCCC1)N(C)C(=O)[C@@H](NC(=O)C(C)(C)NC(=O)CCOCCOCCOCCN1C(=O)C=CC1=O)C(C)C. The van der Waals surface area contributed by atoms with Crippen molar-refractivity contribution in [2.24, 2.45) is 17.8 Å². The van der Waals surface area contributed by atoms with Gasteiger partial charge in [0.2, 0.25) is 29.5 Å². The molecule has 2 aromatic rings. The van der Waals surface area contributed by atoms with Gasteiger partial charge < -0.3 is 49.4 Å². The molecule has 7 atom stereocenters. The Labute approximate surface area is 434 Å². The van der Waals surface area contributed by atoms with Crippen LogP contribution < -0.4 is 16.0 Å². The molecular weight excluding hydrogens is 959 g/mol. The number of carbonyl (C=O) groups excluding carboxylic acids is 7. The van der Waals surface area contributed by atoms with E-state index in [1.165, 1.54) is 23.5 Å². The van der Waals surface area contributed by atoms with Crippen molar-refractivity contribution in [2.45, 2.75) is 134 Å². The summed E-state index contributed by atoms with van der Waals surface area (Å²) in [6, 6.07) is 7.83. The van der Waals surface area contributed by atoms with Crippen LogP contribution in [0.1, 0.15) is 103 Å². The van der Waals surface area contributed by atoms with Gasteiger partial charge in [0.05, 0.1) is 88.9 Å². The lowest BCUT2D eigenvalue weighted by Crippen LogP contribution is -2.62. The van der Waals surface area contributed by atoms with Gasteiger partial charge in [-0.05, 0) is 63.4 Å². The standard InChI is InChI=1S/C53H79N7O12S/c1-35(2)46(56-52(67)53(4,5)57-42(61)22-26-70-28-30-72-31-29-71-27-25-60-43(62)20-21-44(60)63)51(66)58(6)47(38-17-12-13-18-38)41(68-7)34-45(64)59-24-14-19-40(59)48(69-8)36(3)49(65)55-39(50-54-23-32-73-50)33-37-15-10-9-11-16-37/h9-11,15-16,20-21,23,32,35-36,38-41,46-48H,12-14,17-19,22,24-31,33-34H2,1-8H3,(H,55,65)(H,56,67)(H,57,61)/t36-,39+,40+,41-,46+,47+,48-/m1/s1. The van der Waals surface area contributed by atoms with E-state index < -0.39 is 47.6 Å².